The van der Waals surface area contributed by atoms with Crippen molar-refractivity contribution in [1.82, 2.24) is 0 Å². The van der Waals surface area contributed by atoms with E-state index in [0.29, 0.717) is 25.7 Å². The maximum Gasteiger partial charge on any atom is 0.133 e. The normalized spacial score (nSPS) is 10.5. The molecule has 0 aliphatic carbocycles. The van der Waals surface area contributed by atoms with E-state index in [0.717, 1.165) is 22.6 Å². The van der Waals surface area contributed by atoms with E-state index in [1.54, 1.807) is 14.2 Å². The highest BCUT2D eigenvalue weighted by atomic mass is 16.5. The molecule has 2 aromatic rings. The molecular weight excluding hydrogens is 300 g/mol. The predicted molar refractivity (Wildman–Crippen MR) is 97.1 cm³/mol. The fourth-order valence-corrected chi connectivity index (χ4v) is 2.88. The van der Waals surface area contributed by atoms with Crippen LogP contribution in [0.5, 0.6) is 11.5 Å². The summed E-state index contributed by atoms with van der Waals surface area (Å²) in [6.45, 7) is 4.10. The zero-order chi connectivity index (χ0) is 17.5. The molecule has 128 valence electrons. The summed E-state index contributed by atoms with van der Waals surface area (Å²) in [4.78, 5) is 12.3. The molecule has 0 saturated heterocycles. The van der Waals surface area contributed by atoms with Crippen LogP contribution in [0, 0.1) is 13.8 Å². The Bertz CT molecular complexity index is 645. The van der Waals surface area contributed by atoms with Gasteiger partial charge >= 0.3 is 0 Å². The van der Waals surface area contributed by atoms with Crippen LogP contribution in [0.25, 0.3) is 0 Å². The molecule has 0 aromatic heterocycles. The summed E-state index contributed by atoms with van der Waals surface area (Å²) in [5.41, 5.74) is 4.56. The summed E-state index contributed by atoms with van der Waals surface area (Å²) < 4.78 is 10.8. The van der Waals surface area contributed by atoms with Crippen molar-refractivity contribution >= 4 is 5.78 Å². The Balaban J connectivity index is 1.93. The fraction of sp³-hybridized carbons (Fsp3) is 0.381. The van der Waals surface area contributed by atoms with E-state index in [1.807, 2.05) is 24.3 Å². The minimum atomic E-state index is 0.266. The van der Waals surface area contributed by atoms with Gasteiger partial charge in [0.1, 0.15) is 17.3 Å². The maximum atomic E-state index is 12.3. The van der Waals surface area contributed by atoms with Crippen molar-refractivity contribution in [3.8, 4) is 11.5 Å². The van der Waals surface area contributed by atoms with Crippen molar-refractivity contribution in [2.75, 3.05) is 14.2 Å². The summed E-state index contributed by atoms with van der Waals surface area (Å²) in [6, 6.07) is 12.2. The summed E-state index contributed by atoms with van der Waals surface area (Å²) in [5, 5.41) is 0. The topological polar surface area (TPSA) is 35.5 Å². The van der Waals surface area contributed by atoms with Crippen LogP contribution < -0.4 is 9.47 Å². The third kappa shape index (κ3) is 4.85. The Morgan fingerprint density at radius 1 is 0.792 bits per heavy atom. The minimum Gasteiger partial charge on any atom is -0.496 e. The Hall–Kier alpha value is -2.29. The molecule has 0 atom stereocenters. The van der Waals surface area contributed by atoms with E-state index in [-0.39, 0.29) is 5.78 Å². The molecule has 0 spiro atoms. The average Bonchev–Trinajstić information content (AvgIpc) is 2.58. The number of aryl methyl sites for hydroxylation is 4. The van der Waals surface area contributed by atoms with Gasteiger partial charge in [-0.05, 0) is 49.9 Å². The molecule has 0 saturated carbocycles. The highest BCUT2D eigenvalue weighted by Gasteiger charge is 2.10. The number of Topliss-reactive ketones (excluding diaryl/α,β-unsaturated/α-hetero) is 1. The van der Waals surface area contributed by atoms with Crippen LogP contribution >= 0.6 is 0 Å². The van der Waals surface area contributed by atoms with E-state index >= 15 is 0 Å². The van der Waals surface area contributed by atoms with E-state index in [4.69, 9.17) is 9.47 Å². The van der Waals surface area contributed by atoms with Crippen LogP contribution in [0.2, 0.25) is 0 Å². The molecule has 24 heavy (non-hydrogen) atoms. The Kier molecular flexibility index (Phi) is 6.42. The summed E-state index contributed by atoms with van der Waals surface area (Å²) in [5.74, 6) is 1.98. The van der Waals surface area contributed by atoms with Gasteiger partial charge < -0.3 is 9.47 Å². The summed E-state index contributed by atoms with van der Waals surface area (Å²) in [7, 11) is 3.33. The number of hydrogen-bond acceptors (Lipinski definition) is 3. The monoisotopic (exact) mass is 326 g/mol. The second kappa shape index (κ2) is 8.53. The lowest BCUT2D eigenvalue weighted by atomic mass is 9.99. The standard InChI is InChI=1S/C21H26O3/c1-15-5-11-20(23-3)17(13-15)7-9-19(22)10-8-18-14-16(2)6-12-21(18)24-4/h5-6,11-14H,7-10H2,1-4H3. The molecule has 0 unspecified atom stereocenters. The largest absolute Gasteiger partial charge is 0.496 e. The van der Waals surface area contributed by atoms with E-state index < -0.39 is 0 Å². The van der Waals surface area contributed by atoms with Gasteiger partial charge in [0.25, 0.3) is 0 Å². The molecule has 3 heteroatoms. The van der Waals surface area contributed by atoms with Crippen molar-refractivity contribution in [2.45, 2.75) is 39.5 Å². The third-order valence-corrected chi connectivity index (χ3v) is 4.22. The fourth-order valence-electron chi connectivity index (χ4n) is 2.88. The molecule has 2 aromatic carbocycles. The highest BCUT2D eigenvalue weighted by Crippen LogP contribution is 2.23. The van der Waals surface area contributed by atoms with Crippen LogP contribution in [0.1, 0.15) is 35.1 Å². The SMILES string of the molecule is COc1ccc(C)cc1CCC(=O)CCc1cc(C)ccc1OC. The van der Waals surface area contributed by atoms with Crippen molar-refractivity contribution in [2.24, 2.45) is 0 Å². The number of ether oxygens (including phenoxy) is 2. The van der Waals surface area contributed by atoms with Gasteiger partial charge in [0.15, 0.2) is 0 Å². The second-order valence-electron chi connectivity index (χ2n) is 6.17. The first kappa shape index (κ1) is 18.1. The van der Waals surface area contributed by atoms with Crippen LogP contribution in [0.4, 0.5) is 0 Å². The van der Waals surface area contributed by atoms with Crippen molar-refractivity contribution in [3.05, 3.63) is 58.7 Å². The first-order chi connectivity index (χ1) is 11.5. The molecule has 0 radical (unpaired) electrons. The van der Waals surface area contributed by atoms with Gasteiger partial charge in [0, 0.05) is 12.8 Å². The number of ketones is 1. The first-order valence-electron chi connectivity index (χ1n) is 8.32. The first-order valence-corrected chi connectivity index (χ1v) is 8.32. The molecule has 2 rings (SSSR count). The van der Waals surface area contributed by atoms with Crippen LogP contribution in [-0.2, 0) is 17.6 Å². The van der Waals surface area contributed by atoms with Crippen LogP contribution in [-0.4, -0.2) is 20.0 Å². The molecule has 0 N–H and O–H groups in total. The van der Waals surface area contributed by atoms with Gasteiger partial charge in [-0.3, -0.25) is 4.79 Å². The molecule has 3 nitrogen and oxygen atoms in total. The Labute approximate surface area is 144 Å². The van der Waals surface area contributed by atoms with E-state index in [2.05, 4.69) is 26.0 Å². The van der Waals surface area contributed by atoms with E-state index in [1.165, 1.54) is 11.1 Å². The van der Waals surface area contributed by atoms with Gasteiger partial charge in [0.05, 0.1) is 14.2 Å². The van der Waals surface area contributed by atoms with Crippen molar-refractivity contribution in [1.29, 1.82) is 0 Å². The lowest BCUT2D eigenvalue weighted by Crippen LogP contribution is -2.04. The second-order valence-corrected chi connectivity index (χ2v) is 6.17. The molecule has 0 bridgehead atoms. The smallest absolute Gasteiger partial charge is 0.133 e. The van der Waals surface area contributed by atoms with Gasteiger partial charge in [-0.1, -0.05) is 35.4 Å². The highest BCUT2D eigenvalue weighted by molar-refractivity contribution is 5.79. The van der Waals surface area contributed by atoms with Crippen LogP contribution in [0.15, 0.2) is 36.4 Å². The minimum absolute atomic E-state index is 0.266. The van der Waals surface area contributed by atoms with Crippen molar-refractivity contribution < 1.29 is 14.3 Å². The lowest BCUT2D eigenvalue weighted by molar-refractivity contribution is -0.119. The maximum absolute atomic E-state index is 12.3. The Morgan fingerprint density at radius 3 is 1.58 bits per heavy atom. The number of benzene rings is 2. The zero-order valence-electron chi connectivity index (χ0n) is 15.0. The lowest BCUT2D eigenvalue weighted by Gasteiger charge is -2.10. The Morgan fingerprint density at radius 2 is 1.21 bits per heavy atom. The van der Waals surface area contributed by atoms with Crippen molar-refractivity contribution in [3.63, 3.8) is 0 Å². The molecule has 0 heterocycles. The third-order valence-electron chi connectivity index (χ3n) is 4.22. The summed E-state index contributed by atoms with van der Waals surface area (Å²) in [6.07, 6.45) is 2.51. The molecule has 0 amide bonds. The van der Waals surface area contributed by atoms with Gasteiger partial charge in [0.2, 0.25) is 0 Å². The van der Waals surface area contributed by atoms with Crippen LogP contribution in [0.3, 0.4) is 0 Å². The number of rotatable bonds is 8. The molecule has 0 fully saturated rings. The van der Waals surface area contributed by atoms with E-state index in [9.17, 15) is 4.79 Å². The number of carbonyl (C=O) groups excluding carboxylic acids is 1. The summed E-state index contributed by atoms with van der Waals surface area (Å²) >= 11 is 0. The quantitative estimate of drug-likeness (QED) is 0.719. The van der Waals surface area contributed by atoms with Gasteiger partial charge in [-0.15, -0.1) is 0 Å². The predicted octanol–water partition coefficient (Wildman–Crippen LogP) is 4.46. The van der Waals surface area contributed by atoms with Gasteiger partial charge in [-0.25, -0.2) is 0 Å². The molecule has 0 aliphatic heterocycles. The number of methoxy groups -OCH3 is 2. The molecular formula is C21H26O3. The average molecular weight is 326 g/mol. The number of hydrogen-bond donors (Lipinski definition) is 0. The zero-order valence-corrected chi connectivity index (χ0v) is 15.0. The molecule has 0 aliphatic rings. The van der Waals surface area contributed by atoms with Gasteiger partial charge in [-0.2, -0.15) is 0 Å². The number of carbonyl (C=O) groups is 1.